The maximum Gasteiger partial charge on any atom is 0.420 e. The molecule has 2 atom stereocenters. The molecule has 4 saturated heterocycles. The van der Waals surface area contributed by atoms with E-state index in [4.69, 9.17) is 14.2 Å². The standard InChI is InChI=1S/C29H26N2O7/c32-26-27(33)38-29(36-19-20-8-7-13-24(18-20)31(34)35)23-14-16-30(17-15-23)28(29,37-26)25(21-9-3-1-4-10-21)22-11-5-2-6-12-22/h1-13,18,23,25H,14-17,19H2. The molecule has 7 rings (SSSR count). The minimum atomic E-state index is -1.63. The zero-order chi connectivity index (χ0) is 26.3. The van der Waals surface area contributed by atoms with Crippen LogP contribution in [-0.2, 0) is 30.4 Å². The van der Waals surface area contributed by atoms with Gasteiger partial charge in [0.15, 0.2) is 0 Å². The molecule has 0 N–H and O–H groups in total. The smallest absolute Gasteiger partial charge is 0.420 e. The van der Waals surface area contributed by atoms with E-state index >= 15 is 0 Å². The van der Waals surface area contributed by atoms with Crippen molar-refractivity contribution in [1.82, 2.24) is 4.90 Å². The molecule has 0 amide bonds. The summed E-state index contributed by atoms with van der Waals surface area (Å²) in [4.78, 5) is 38.8. The SMILES string of the molecule is O=C1OC2(OCc3cccc([N+](=O)[O-])c3)C3CCN(CC3)C2(C(c2ccccc2)c2ccccc2)OC1=O. The topological polar surface area (TPSA) is 108 Å². The quantitative estimate of drug-likeness (QED) is 0.200. The lowest BCUT2D eigenvalue weighted by Crippen LogP contribution is -2.82. The highest BCUT2D eigenvalue weighted by atomic mass is 16.8. The van der Waals surface area contributed by atoms with E-state index in [1.165, 1.54) is 12.1 Å². The van der Waals surface area contributed by atoms with Crippen LogP contribution in [0.4, 0.5) is 5.69 Å². The van der Waals surface area contributed by atoms with E-state index in [9.17, 15) is 19.7 Å². The van der Waals surface area contributed by atoms with Crippen molar-refractivity contribution in [3.63, 3.8) is 0 Å². The van der Waals surface area contributed by atoms with Crippen LogP contribution < -0.4 is 0 Å². The van der Waals surface area contributed by atoms with Crippen molar-refractivity contribution in [3.05, 3.63) is 112 Å². The molecule has 4 aliphatic heterocycles. The number of carbonyl (C=O) groups excluding carboxylic acids is 2. The van der Waals surface area contributed by atoms with Crippen LogP contribution >= 0.6 is 0 Å². The minimum Gasteiger partial charge on any atom is -0.427 e. The van der Waals surface area contributed by atoms with Gasteiger partial charge in [-0.05, 0) is 29.5 Å². The molecule has 4 fully saturated rings. The normalized spacial score (nSPS) is 27.9. The van der Waals surface area contributed by atoms with Crippen molar-refractivity contribution >= 4 is 17.6 Å². The highest BCUT2D eigenvalue weighted by molar-refractivity contribution is 6.30. The summed E-state index contributed by atoms with van der Waals surface area (Å²) < 4.78 is 18.9. The van der Waals surface area contributed by atoms with Crippen molar-refractivity contribution in [2.75, 3.05) is 13.1 Å². The van der Waals surface area contributed by atoms with Crippen LogP contribution in [0.2, 0.25) is 0 Å². The van der Waals surface area contributed by atoms with E-state index in [2.05, 4.69) is 4.90 Å². The molecule has 2 unspecified atom stereocenters. The molecule has 0 radical (unpaired) electrons. The second-order valence-corrected chi connectivity index (χ2v) is 9.87. The fourth-order valence-corrected chi connectivity index (χ4v) is 6.34. The second-order valence-electron chi connectivity index (χ2n) is 9.87. The minimum absolute atomic E-state index is 0.0673. The molecule has 38 heavy (non-hydrogen) atoms. The Labute approximate surface area is 219 Å². The van der Waals surface area contributed by atoms with Crippen LogP contribution in [0.5, 0.6) is 0 Å². The molecule has 0 aromatic heterocycles. The van der Waals surface area contributed by atoms with Gasteiger partial charge in [0.1, 0.15) is 0 Å². The van der Waals surface area contributed by atoms with E-state index in [-0.39, 0.29) is 18.2 Å². The molecular weight excluding hydrogens is 488 g/mol. The zero-order valence-corrected chi connectivity index (χ0v) is 20.5. The first-order valence-corrected chi connectivity index (χ1v) is 12.6. The van der Waals surface area contributed by atoms with Gasteiger partial charge in [0, 0.05) is 31.1 Å². The lowest BCUT2D eigenvalue weighted by atomic mass is 9.66. The summed E-state index contributed by atoms with van der Waals surface area (Å²) in [6.07, 6.45) is 1.36. The van der Waals surface area contributed by atoms with Crippen molar-refractivity contribution in [2.24, 2.45) is 5.92 Å². The molecule has 4 aliphatic rings. The monoisotopic (exact) mass is 514 g/mol. The number of fused-ring (bicyclic) bond motifs is 2. The number of hydrogen-bond donors (Lipinski definition) is 0. The van der Waals surface area contributed by atoms with E-state index in [1.54, 1.807) is 12.1 Å². The summed E-state index contributed by atoms with van der Waals surface area (Å²) in [6, 6.07) is 25.5. The Morgan fingerprint density at radius 3 is 2.11 bits per heavy atom. The summed E-state index contributed by atoms with van der Waals surface area (Å²) in [5, 5.41) is 11.4. The Balaban J connectivity index is 1.53. The van der Waals surface area contributed by atoms with Gasteiger partial charge in [0.25, 0.3) is 11.5 Å². The fourth-order valence-electron chi connectivity index (χ4n) is 6.34. The number of nitro benzene ring substituents is 1. The van der Waals surface area contributed by atoms with Crippen molar-refractivity contribution in [3.8, 4) is 0 Å². The van der Waals surface area contributed by atoms with Crippen LogP contribution in [0.3, 0.4) is 0 Å². The number of nitrogens with zero attached hydrogens (tertiary/aromatic N) is 2. The van der Waals surface area contributed by atoms with Crippen LogP contribution in [-0.4, -0.2) is 46.4 Å². The Hall–Kier alpha value is -4.08. The van der Waals surface area contributed by atoms with Gasteiger partial charge in [-0.3, -0.25) is 15.0 Å². The van der Waals surface area contributed by atoms with Crippen molar-refractivity contribution < 1.29 is 28.7 Å². The highest BCUT2D eigenvalue weighted by Crippen LogP contribution is 2.59. The van der Waals surface area contributed by atoms with Gasteiger partial charge in [0.2, 0.25) is 5.72 Å². The number of nitro groups is 1. The average Bonchev–Trinajstić information content (AvgIpc) is 2.95. The van der Waals surface area contributed by atoms with Gasteiger partial charge in [0.05, 0.1) is 17.4 Å². The molecule has 0 saturated carbocycles. The first-order chi connectivity index (χ1) is 18.4. The number of carbonyl (C=O) groups is 2. The highest BCUT2D eigenvalue weighted by Gasteiger charge is 2.76. The van der Waals surface area contributed by atoms with Crippen LogP contribution in [0.1, 0.15) is 35.4 Å². The Morgan fingerprint density at radius 1 is 0.895 bits per heavy atom. The van der Waals surface area contributed by atoms with Crippen molar-refractivity contribution in [1.29, 1.82) is 0 Å². The number of non-ortho nitro benzene ring substituents is 1. The number of ether oxygens (including phenoxy) is 3. The number of esters is 2. The maximum absolute atomic E-state index is 13.0. The lowest BCUT2D eigenvalue weighted by molar-refractivity contribution is -0.417. The van der Waals surface area contributed by atoms with Gasteiger partial charge in [-0.15, -0.1) is 0 Å². The second kappa shape index (κ2) is 9.34. The summed E-state index contributed by atoms with van der Waals surface area (Å²) in [5.74, 6) is -4.60. The number of hydrogen-bond acceptors (Lipinski definition) is 8. The van der Waals surface area contributed by atoms with Crippen molar-refractivity contribution in [2.45, 2.75) is 36.9 Å². The largest absolute Gasteiger partial charge is 0.427 e. The lowest BCUT2D eigenvalue weighted by Gasteiger charge is -2.65. The van der Waals surface area contributed by atoms with Crippen LogP contribution in [0, 0.1) is 16.0 Å². The van der Waals surface area contributed by atoms with Gasteiger partial charge >= 0.3 is 11.9 Å². The van der Waals surface area contributed by atoms with E-state index in [1.807, 2.05) is 60.7 Å². The molecule has 2 bridgehead atoms. The Morgan fingerprint density at radius 2 is 1.50 bits per heavy atom. The first kappa shape index (κ1) is 24.3. The van der Waals surface area contributed by atoms with Gasteiger partial charge in [-0.2, -0.15) is 0 Å². The molecule has 3 aromatic carbocycles. The van der Waals surface area contributed by atoms with Gasteiger partial charge in [-0.1, -0.05) is 72.8 Å². The molecular formula is C29H26N2O7. The maximum atomic E-state index is 13.0. The summed E-state index contributed by atoms with van der Waals surface area (Å²) in [6.45, 7) is 1.19. The third kappa shape index (κ3) is 3.69. The summed E-state index contributed by atoms with van der Waals surface area (Å²) in [7, 11) is 0. The Bertz CT molecular complexity index is 1330. The first-order valence-electron chi connectivity index (χ1n) is 12.6. The predicted octanol–water partition coefficient (Wildman–Crippen LogP) is 4.16. The van der Waals surface area contributed by atoms with E-state index in [0.29, 0.717) is 31.5 Å². The predicted molar refractivity (Wildman–Crippen MR) is 135 cm³/mol. The molecule has 9 heteroatoms. The van der Waals surface area contributed by atoms with Crippen LogP contribution in [0.25, 0.3) is 0 Å². The number of benzene rings is 3. The molecule has 0 aliphatic carbocycles. The summed E-state index contributed by atoms with van der Waals surface area (Å²) in [5.41, 5.74) is 0.744. The average molecular weight is 515 g/mol. The summed E-state index contributed by atoms with van der Waals surface area (Å²) >= 11 is 0. The molecule has 194 valence electrons. The number of piperidine rings is 3. The molecule has 3 aromatic rings. The van der Waals surface area contributed by atoms with Gasteiger partial charge < -0.3 is 14.2 Å². The Kier molecular flexibility index (Phi) is 5.97. The number of rotatable bonds is 7. The fraction of sp³-hybridized carbons (Fsp3) is 0.310. The molecule has 0 spiro atoms. The zero-order valence-electron chi connectivity index (χ0n) is 20.5. The molecule has 9 nitrogen and oxygen atoms in total. The van der Waals surface area contributed by atoms with Crippen LogP contribution in [0.15, 0.2) is 84.9 Å². The third-order valence-corrected chi connectivity index (χ3v) is 7.89. The molecule has 4 heterocycles. The third-order valence-electron chi connectivity index (χ3n) is 7.89. The van der Waals surface area contributed by atoms with E-state index < -0.39 is 34.3 Å². The van der Waals surface area contributed by atoms with Gasteiger partial charge in [-0.25, -0.2) is 9.59 Å². The van der Waals surface area contributed by atoms with E-state index in [0.717, 1.165) is 11.1 Å².